The number of piperidine rings is 1. The Kier molecular flexibility index (Phi) is 4.25. The molecule has 1 amide bonds. The number of carbonyl (C=O) groups excluding carboxylic acids is 1. The van der Waals surface area contributed by atoms with Gasteiger partial charge in [0, 0.05) is 38.8 Å². The number of hydrogen-bond donors (Lipinski definition) is 0. The lowest BCUT2D eigenvalue weighted by Crippen LogP contribution is -2.46. The molecule has 0 bridgehead atoms. The molecule has 4 nitrogen and oxygen atoms in total. The lowest BCUT2D eigenvalue weighted by molar-refractivity contribution is -0.152. The molecule has 0 aliphatic carbocycles. The third-order valence-electron chi connectivity index (χ3n) is 3.95. The quantitative estimate of drug-likeness (QED) is 0.802. The summed E-state index contributed by atoms with van der Waals surface area (Å²) in [5, 5.41) is 4.03. The van der Waals surface area contributed by atoms with Crippen LogP contribution in [-0.2, 0) is 9.63 Å². The van der Waals surface area contributed by atoms with Crippen LogP contribution in [0.4, 0.5) is 13.2 Å². The van der Waals surface area contributed by atoms with Crippen molar-refractivity contribution in [3.63, 3.8) is 0 Å². The highest BCUT2D eigenvalue weighted by Crippen LogP contribution is 2.35. The van der Waals surface area contributed by atoms with Crippen molar-refractivity contribution < 1.29 is 22.8 Å². The van der Waals surface area contributed by atoms with Crippen molar-refractivity contribution in [2.75, 3.05) is 13.1 Å². The fraction of sp³-hybridized carbons (Fsp3) is 0.846. The average molecular weight is 292 g/mol. The first-order valence-corrected chi connectivity index (χ1v) is 6.92. The van der Waals surface area contributed by atoms with E-state index in [0.29, 0.717) is 25.9 Å². The Hall–Kier alpha value is -1.27. The van der Waals surface area contributed by atoms with Gasteiger partial charge in [-0.25, -0.2) is 0 Å². The molecule has 2 rings (SSSR count). The van der Waals surface area contributed by atoms with E-state index >= 15 is 0 Å². The number of alkyl halides is 3. The summed E-state index contributed by atoms with van der Waals surface area (Å²) in [7, 11) is 0. The van der Waals surface area contributed by atoms with Crippen molar-refractivity contribution in [2.45, 2.75) is 57.2 Å². The molecule has 1 saturated heterocycles. The maximum Gasteiger partial charge on any atom is 0.389 e. The summed E-state index contributed by atoms with van der Waals surface area (Å²) in [5.41, 5.74) is 0.688. The number of oxime groups is 1. The van der Waals surface area contributed by atoms with E-state index in [2.05, 4.69) is 5.16 Å². The smallest absolute Gasteiger partial charge is 0.389 e. The molecule has 0 radical (unpaired) electrons. The number of amides is 1. The highest BCUT2D eigenvalue weighted by atomic mass is 19.4. The van der Waals surface area contributed by atoms with Crippen LogP contribution >= 0.6 is 0 Å². The molecule has 7 heteroatoms. The number of halogens is 3. The van der Waals surface area contributed by atoms with Gasteiger partial charge in [0.05, 0.1) is 12.1 Å². The van der Waals surface area contributed by atoms with E-state index in [1.165, 1.54) is 4.90 Å². The highest BCUT2D eigenvalue weighted by Gasteiger charge is 2.42. The third-order valence-corrected chi connectivity index (χ3v) is 3.95. The predicted molar refractivity (Wildman–Crippen MR) is 67.3 cm³/mol. The van der Waals surface area contributed by atoms with Gasteiger partial charge in [-0.3, -0.25) is 4.79 Å². The minimum Gasteiger partial charge on any atom is -0.389 e. The maximum absolute atomic E-state index is 12.1. The van der Waals surface area contributed by atoms with Gasteiger partial charge >= 0.3 is 6.18 Å². The zero-order chi connectivity index (χ0) is 14.8. The Morgan fingerprint density at radius 2 is 2.05 bits per heavy atom. The van der Waals surface area contributed by atoms with E-state index in [1.54, 1.807) is 0 Å². The van der Waals surface area contributed by atoms with E-state index in [9.17, 15) is 18.0 Å². The van der Waals surface area contributed by atoms with E-state index in [4.69, 9.17) is 4.84 Å². The zero-order valence-electron chi connectivity index (χ0n) is 11.5. The maximum atomic E-state index is 12.1. The summed E-state index contributed by atoms with van der Waals surface area (Å²) in [5.74, 6) is -0.424. The number of carbonyl (C=O) groups is 1. The van der Waals surface area contributed by atoms with Gasteiger partial charge in [-0.2, -0.15) is 13.2 Å². The minimum absolute atomic E-state index is 0.327. The first-order valence-electron chi connectivity index (χ1n) is 6.92. The Labute approximate surface area is 115 Å². The molecule has 2 heterocycles. The van der Waals surface area contributed by atoms with Crippen LogP contribution in [0.1, 0.15) is 45.4 Å². The summed E-state index contributed by atoms with van der Waals surface area (Å²) < 4.78 is 36.3. The van der Waals surface area contributed by atoms with Gasteiger partial charge in [0.25, 0.3) is 0 Å². The second kappa shape index (κ2) is 5.61. The first-order chi connectivity index (χ1) is 9.34. The summed E-state index contributed by atoms with van der Waals surface area (Å²) >= 11 is 0. The number of rotatable bonds is 3. The van der Waals surface area contributed by atoms with Gasteiger partial charge in [-0.1, -0.05) is 12.1 Å². The van der Waals surface area contributed by atoms with Crippen LogP contribution in [0.15, 0.2) is 5.16 Å². The summed E-state index contributed by atoms with van der Waals surface area (Å²) in [6.07, 6.45) is -2.90. The number of likely N-dealkylation sites (tertiary alicyclic amines) is 1. The Morgan fingerprint density at radius 3 is 2.55 bits per heavy atom. The molecule has 1 fully saturated rings. The number of nitrogens with zero attached hydrogens (tertiary/aromatic N) is 2. The second-order valence-electron chi connectivity index (χ2n) is 5.46. The first kappa shape index (κ1) is 15.1. The average Bonchev–Trinajstić information content (AvgIpc) is 2.79. The molecule has 0 N–H and O–H groups in total. The molecule has 0 atom stereocenters. The molecule has 0 aromatic carbocycles. The monoisotopic (exact) mass is 292 g/mol. The Balaban J connectivity index is 1.79. The zero-order valence-corrected chi connectivity index (χ0v) is 11.5. The predicted octanol–water partition coefficient (Wildman–Crippen LogP) is 2.88. The summed E-state index contributed by atoms with van der Waals surface area (Å²) in [6, 6.07) is 0. The summed E-state index contributed by atoms with van der Waals surface area (Å²) in [4.78, 5) is 18.7. The highest BCUT2D eigenvalue weighted by molar-refractivity contribution is 5.85. The van der Waals surface area contributed by atoms with E-state index in [1.807, 2.05) is 6.92 Å². The molecule has 0 unspecified atom stereocenters. The topological polar surface area (TPSA) is 41.9 Å². The van der Waals surface area contributed by atoms with Crippen LogP contribution < -0.4 is 0 Å². The molecular formula is C13H19F3N2O2. The van der Waals surface area contributed by atoms with Gasteiger partial charge < -0.3 is 9.74 Å². The fourth-order valence-electron chi connectivity index (χ4n) is 2.63. The van der Waals surface area contributed by atoms with Crippen LogP contribution in [-0.4, -0.2) is 41.4 Å². The molecule has 2 aliphatic heterocycles. The van der Waals surface area contributed by atoms with Crippen molar-refractivity contribution >= 4 is 11.6 Å². The summed E-state index contributed by atoms with van der Waals surface area (Å²) in [6.45, 7) is 2.91. The molecule has 0 aromatic rings. The van der Waals surface area contributed by atoms with E-state index < -0.39 is 24.9 Å². The standard InChI is InChI=1S/C13H19F3N2O2/c1-2-10-9-12(20-17-10)5-7-18(8-6-12)11(19)3-4-13(14,15)16/h2-9H2,1H3. The van der Waals surface area contributed by atoms with Crippen LogP contribution in [0.5, 0.6) is 0 Å². The van der Waals surface area contributed by atoms with Crippen LogP contribution in [0.25, 0.3) is 0 Å². The SMILES string of the molecule is CCC1=NOC2(CCN(C(=O)CCC(F)(F)F)CC2)C1. The van der Waals surface area contributed by atoms with Gasteiger partial charge in [0.1, 0.15) is 5.60 Å². The minimum atomic E-state index is -4.27. The van der Waals surface area contributed by atoms with Gasteiger partial charge in [0.2, 0.25) is 5.91 Å². The van der Waals surface area contributed by atoms with Gasteiger partial charge in [-0.05, 0) is 6.42 Å². The van der Waals surface area contributed by atoms with Gasteiger partial charge in [-0.15, -0.1) is 0 Å². The lowest BCUT2D eigenvalue weighted by Gasteiger charge is -2.37. The largest absolute Gasteiger partial charge is 0.389 e. The Bertz CT molecular complexity index is 399. The third kappa shape index (κ3) is 3.64. The fourth-order valence-corrected chi connectivity index (χ4v) is 2.63. The van der Waals surface area contributed by atoms with E-state index in [0.717, 1.165) is 18.6 Å². The van der Waals surface area contributed by atoms with Crippen molar-refractivity contribution in [3.05, 3.63) is 0 Å². The Morgan fingerprint density at radius 1 is 1.40 bits per heavy atom. The lowest BCUT2D eigenvalue weighted by atomic mass is 9.86. The molecule has 0 saturated carbocycles. The van der Waals surface area contributed by atoms with E-state index in [-0.39, 0.29) is 5.60 Å². The number of hydrogen-bond acceptors (Lipinski definition) is 3. The van der Waals surface area contributed by atoms with Crippen molar-refractivity contribution in [2.24, 2.45) is 5.16 Å². The van der Waals surface area contributed by atoms with Crippen LogP contribution in [0.3, 0.4) is 0 Å². The molecule has 114 valence electrons. The molecule has 20 heavy (non-hydrogen) atoms. The second-order valence-corrected chi connectivity index (χ2v) is 5.46. The van der Waals surface area contributed by atoms with Crippen LogP contribution in [0.2, 0.25) is 0 Å². The normalized spacial score (nSPS) is 21.8. The van der Waals surface area contributed by atoms with Crippen molar-refractivity contribution in [1.29, 1.82) is 0 Å². The molecule has 2 aliphatic rings. The van der Waals surface area contributed by atoms with Gasteiger partial charge in [0.15, 0.2) is 0 Å². The van der Waals surface area contributed by atoms with Crippen LogP contribution in [0, 0.1) is 0 Å². The molecular weight excluding hydrogens is 273 g/mol. The molecule has 1 spiro atoms. The van der Waals surface area contributed by atoms with Crippen molar-refractivity contribution in [1.82, 2.24) is 4.90 Å². The molecule has 0 aromatic heterocycles. The van der Waals surface area contributed by atoms with Crippen molar-refractivity contribution in [3.8, 4) is 0 Å².